The summed E-state index contributed by atoms with van der Waals surface area (Å²) in [4.78, 5) is 45.8. The number of halogens is 2. The summed E-state index contributed by atoms with van der Waals surface area (Å²) in [6, 6.07) is 106. The van der Waals surface area contributed by atoms with E-state index in [-0.39, 0.29) is 98.1 Å². The molecule has 0 unspecified atom stereocenters. The van der Waals surface area contributed by atoms with Crippen molar-refractivity contribution in [2.75, 3.05) is 0 Å². The van der Waals surface area contributed by atoms with Gasteiger partial charge in [-0.05, 0) is 135 Å². The van der Waals surface area contributed by atoms with E-state index >= 15 is 0 Å². The number of rotatable bonds is 13. The molecule has 15 heteroatoms. The first-order valence-electron chi connectivity index (χ1n) is 41.5. The molecular formula is C110H103ClFIr3N10-3. The van der Waals surface area contributed by atoms with E-state index in [1.807, 2.05) is 109 Å². The second-order valence-corrected chi connectivity index (χ2v) is 37.6. The van der Waals surface area contributed by atoms with Gasteiger partial charge in [0.15, 0.2) is 17.5 Å². The summed E-state index contributed by atoms with van der Waals surface area (Å²) in [5, 5.41) is 0.220. The summed E-state index contributed by atoms with van der Waals surface area (Å²) in [5.41, 5.74) is 29.1. The largest absolute Gasteiger partial charge is 0.309 e. The van der Waals surface area contributed by atoms with Crippen LogP contribution in [0.25, 0.3) is 146 Å². The number of hydrogen-bond acceptors (Lipinski definition) is 10. The molecule has 0 bridgehead atoms. The molecule has 0 aliphatic heterocycles. The Morgan fingerprint density at radius 3 is 0.792 bits per heavy atom. The van der Waals surface area contributed by atoms with Crippen LogP contribution in [-0.4, -0.2) is 49.8 Å². The van der Waals surface area contributed by atoms with Crippen LogP contribution in [0.15, 0.2) is 298 Å². The van der Waals surface area contributed by atoms with Gasteiger partial charge in [0.2, 0.25) is 5.28 Å². The predicted octanol–water partition coefficient (Wildman–Crippen LogP) is 28.7. The SMILES string of the molecule is CC(C)(C)c1ccc(-c2cc(-c3c[c-]c(-c4ccc(-c5nc(-c6ccc(C(C)(C)C)cc6)nc(-c6ccc(C(C)(C)C)cc6)n5)cn4)cc3)cc(-c3ccc(C(C)(C)C)cc3)c2)cc1.CC(C)(C)c1ccc(-c2cc(-c3ccc(-c4[c-]cccc4)nc3)nc(Cl)n2)cc1.CC(C)(C)c1ccc(-c2cc(-c3ccc(-c4[c-]cccc4)nc3)nc(F)n2)cc1.[Ir].[Ir].[Ir]. The maximum absolute atomic E-state index is 14.2. The van der Waals surface area contributed by atoms with Gasteiger partial charge in [-0.1, -0.05) is 330 Å². The molecule has 16 aromatic rings. The molecule has 0 N–H and O–H groups in total. The molecule has 637 valence electrons. The molecule has 0 spiro atoms. The van der Waals surface area contributed by atoms with E-state index in [1.54, 1.807) is 18.5 Å². The molecule has 0 atom stereocenters. The zero-order valence-electron chi connectivity index (χ0n) is 74.0. The fraction of sp³-hybridized carbons (Fsp3) is 0.218. The van der Waals surface area contributed by atoms with Crippen molar-refractivity contribution in [1.82, 2.24) is 49.8 Å². The van der Waals surface area contributed by atoms with Crippen molar-refractivity contribution in [3.8, 4) is 146 Å². The number of nitrogens with zero attached hydrogens (tertiary/aromatic N) is 10. The minimum atomic E-state index is -0.752. The monoisotopic (exact) mass is 2200 g/mol. The molecular weight excluding hydrogens is 2090 g/mol. The van der Waals surface area contributed by atoms with Crippen LogP contribution in [0.5, 0.6) is 0 Å². The van der Waals surface area contributed by atoms with Crippen LogP contribution in [0, 0.1) is 24.3 Å². The third kappa shape index (κ3) is 24.0. The summed E-state index contributed by atoms with van der Waals surface area (Å²) in [5.74, 6) is 1.84. The Morgan fingerprint density at radius 2 is 0.496 bits per heavy atom. The van der Waals surface area contributed by atoms with Crippen LogP contribution in [-0.2, 0) is 92.8 Å². The van der Waals surface area contributed by atoms with Crippen LogP contribution in [0.1, 0.15) is 158 Å². The van der Waals surface area contributed by atoms with Gasteiger partial charge in [0.25, 0.3) is 0 Å². The van der Waals surface area contributed by atoms with Gasteiger partial charge in [-0.15, -0.1) is 102 Å². The standard InChI is InChI=1S/C60H61N4.C25H21ClN3.C25H21FN3.3Ir/c1-57(2,3)49-26-17-40(18-27-49)47-35-46(36-48(37-47)41-19-28-50(29-20-41)58(4,5)6)39-13-15-42(16-14-39)53-34-25-45(38-61-53)56-63-54(43-21-30-51(31-22-43)59(7,8)9)62-55(64-56)44-23-32-52(33-24-44)60(10,11)12;2*1-25(2,3)20-12-9-18(10-13-20)22-15-23(29-24(26)28-22)19-11-14-21(27-16-19)17-7-5-4-6-8-17;;;/h13-15,17-38H,1-12H3;2*4-7,9-16H,1-3H3;;;/q3*-1;;;. The molecule has 0 amide bonds. The summed E-state index contributed by atoms with van der Waals surface area (Å²) in [6.07, 6.45) is 4.61. The van der Waals surface area contributed by atoms with Crippen LogP contribution >= 0.6 is 11.6 Å². The molecule has 10 aromatic carbocycles. The van der Waals surface area contributed by atoms with Crippen LogP contribution < -0.4 is 0 Å². The average Bonchev–Trinajstić information content (AvgIpc) is 0.637. The molecule has 6 aromatic heterocycles. The van der Waals surface area contributed by atoms with Gasteiger partial charge in [-0.25, -0.2) is 34.9 Å². The third-order valence-corrected chi connectivity index (χ3v) is 21.9. The molecule has 16 rings (SSSR count). The minimum Gasteiger partial charge on any atom is -0.304 e. The van der Waals surface area contributed by atoms with Gasteiger partial charge >= 0.3 is 6.08 Å². The van der Waals surface area contributed by atoms with Gasteiger partial charge in [-0.3, -0.25) is 0 Å². The quantitative estimate of drug-likeness (QED) is 0.0813. The van der Waals surface area contributed by atoms with E-state index in [4.69, 9.17) is 31.5 Å². The topological polar surface area (TPSA) is 129 Å². The van der Waals surface area contributed by atoms with Gasteiger partial charge in [-0.2, -0.15) is 4.39 Å². The predicted molar refractivity (Wildman–Crippen MR) is 502 cm³/mol. The molecule has 3 radical (unpaired) electrons. The van der Waals surface area contributed by atoms with Crippen LogP contribution in [0.3, 0.4) is 0 Å². The van der Waals surface area contributed by atoms with Crippen molar-refractivity contribution in [2.45, 2.75) is 157 Å². The summed E-state index contributed by atoms with van der Waals surface area (Å²) in [7, 11) is 0. The van der Waals surface area contributed by atoms with Gasteiger partial charge in [0.05, 0.1) is 22.8 Å². The van der Waals surface area contributed by atoms with E-state index in [0.717, 1.165) is 95.2 Å². The van der Waals surface area contributed by atoms with Crippen molar-refractivity contribution < 1.29 is 64.7 Å². The van der Waals surface area contributed by atoms with E-state index in [2.05, 4.69) is 343 Å². The maximum atomic E-state index is 14.2. The first-order valence-corrected chi connectivity index (χ1v) is 41.9. The molecule has 0 aliphatic carbocycles. The Balaban J connectivity index is 0.000000206. The number of pyridine rings is 3. The zero-order chi connectivity index (χ0) is 86.5. The summed E-state index contributed by atoms with van der Waals surface area (Å²) >= 11 is 6.23. The van der Waals surface area contributed by atoms with Gasteiger partial charge < -0.3 is 15.0 Å². The van der Waals surface area contributed by atoms with Crippen molar-refractivity contribution in [3.05, 3.63) is 361 Å². The molecule has 0 saturated heterocycles. The third-order valence-electron chi connectivity index (χ3n) is 21.8. The summed E-state index contributed by atoms with van der Waals surface area (Å²) in [6.45, 7) is 40.0. The molecule has 0 aliphatic rings. The van der Waals surface area contributed by atoms with E-state index in [9.17, 15) is 4.39 Å². The van der Waals surface area contributed by atoms with Crippen LogP contribution in [0.2, 0.25) is 5.28 Å². The van der Waals surface area contributed by atoms with E-state index in [1.165, 1.54) is 55.6 Å². The van der Waals surface area contributed by atoms with E-state index in [0.29, 0.717) is 28.9 Å². The number of benzene rings is 10. The van der Waals surface area contributed by atoms with Crippen molar-refractivity contribution in [1.29, 1.82) is 0 Å². The fourth-order valence-corrected chi connectivity index (χ4v) is 14.3. The van der Waals surface area contributed by atoms with Crippen molar-refractivity contribution in [2.24, 2.45) is 0 Å². The second kappa shape index (κ2) is 39.7. The Morgan fingerprint density at radius 1 is 0.232 bits per heavy atom. The summed E-state index contributed by atoms with van der Waals surface area (Å²) < 4.78 is 14.2. The fourth-order valence-electron chi connectivity index (χ4n) is 14.1. The Labute approximate surface area is 783 Å². The molecule has 0 saturated carbocycles. The molecule has 6 heterocycles. The van der Waals surface area contributed by atoms with E-state index < -0.39 is 6.08 Å². The Kier molecular flexibility index (Phi) is 30.0. The van der Waals surface area contributed by atoms with Crippen LogP contribution in [0.4, 0.5) is 4.39 Å². The Hall–Kier alpha value is -11.0. The maximum Gasteiger partial charge on any atom is 0.309 e. The molecule has 0 fully saturated rings. The Bertz CT molecular complexity index is 5740. The van der Waals surface area contributed by atoms with Gasteiger partial charge in [0.1, 0.15) is 0 Å². The minimum absolute atomic E-state index is 0. The molecule has 125 heavy (non-hydrogen) atoms. The first kappa shape index (κ1) is 94.7. The number of hydrogen-bond donors (Lipinski definition) is 0. The van der Waals surface area contributed by atoms with Crippen molar-refractivity contribution >= 4 is 11.6 Å². The molecule has 10 nitrogen and oxygen atoms in total. The van der Waals surface area contributed by atoms with Crippen molar-refractivity contribution in [3.63, 3.8) is 0 Å². The smallest absolute Gasteiger partial charge is 0.304 e. The average molecular weight is 2200 g/mol. The normalized spacial score (nSPS) is 11.6. The first-order chi connectivity index (χ1) is 58.0. The second-order valence-electron chi connectivity index (χ2n) is 37.2. The zero-order valence-corrected chi connectivity index (χ0v) is 82.0. The van der Waals surface area contributed by atoms with Gasteiger partial charge in [0, 0.05) is 118 Å². The number of aromatic nitrogens is 10.